The number of amides is 3. The van der Waals surface area contributed by atoms with Crippen LogP contribution in [0.4, 0.5) is 9.18 Å². The highest BCUT2D eigenvalue weighted by atomic mass is 19.1. The molecule has 7 nitrogen and oxygen atoms in total. The fourth-order valence-corrected chi connectivity index (χ4v) is 4.68. The largest absolute Gasteiger partial charge is 0.341 e. The second kappa shape index (κ2) is 6.79. The predicted octanol–water partition coefficient (Wildman–Crippen LogP) is 0.478. The number of fused-ring (bicyclic) bond motifs is 1. The van der Waals surface area contributed by atoms with Crippen LogP contribution in [0.3, 0.4) is 0 Å². The highest BCUT2D eigenvalue weighted by Gasteiger charge is 2.47. The van der Waals surface area contributed by atoms with E-state index < -0.39 is 12.2 Å². The lowest BCUT2D eigenvalue weighted by molar-refractivity contribution is -0.130. The molecule has 3 amide bonds. The molecule has 2 saturated heterocycles. The number of urea groups is 1. The molecule has 3 rings (SSSR count). The van der Waals surface area contributed by atoms with Crippen LogP contribution in [0.1, 0.15) is 26.2 Å². The number of nitriles is 1. The number of carbonyl (C=O) groups excluding carboxylic acids is 2. The number of nitrogens with zero attached hydrogens (tertiary/aromatic N) is 3. The summed E-state index contributed by atoms with van der Waals surface area (Å²) in [6, 6.07) is 1.33. The van der Waals surface area contributed by atoms with Gasteiger partial charge in [0.25, 0.3) is 0 Å². The third-order valence-corrected chi connectivity index (χ3v) is 5.89. The highest BCUT2D eigenvalue weighted by molar-refractivity contribution is 5.79. The van der Waals surface area contributed by atoms with Crippen LogP contribution in [-0.2, 0) is 4.79 Å². The number of alkyl halides is 1. The fraction of sp³-hybridized carbons (Fsp3) is 0.824. The molecule has 3 fully saturated rings. The molecule has 2 aliphatic heterocycles. The molecular formula is C17H26FN5O2. The van der Waals surface area contributed by atoms with E-state index in [1.54, 1.807) is 7.05 Å². The molecular weight excluding hydrogens is 325 g/mol. The molecule has 0 radical (unpaired) electrons. The van der Waals surface area contributed by atoms with Crippen molar-refractivity contribution < 1.29 is 14.0 Å². The van der Waals surface area contributed by atoms with Gasteiger partial charge in [-0.15, -0.1) is 0 Å². The van der Waals surface area contributed by atoms with Crippen LogP contribution in [0.25, 0.3) is 0 Å². The number of hydrogen-bond donors (Lipinski definition) is 2. The van der Waals surface area contributed by atoms with E-state index in [-0.39, 0.29) is 37.0 Å². The van der Waals surface area contributed by atoms with Crippen molar-refractivity contribution in [3.8, 4) is 6.07 Å². The topological polar surface area (TPSA) is 88.5 Å². The van der Waals surface area contributed by atoms with E-state index in [0.29, 0.717) is 11.8 Å². The number of nitrogens with one attached hydrogen (secondary N) is 2. The van der Waals surface area contributed by atoms with Gasteiger partial charge in [0.1, 0.15) is 12.2 Å². The maximum absolute atomic E-state index is 13.5. The monoisotopic (exact) mass is 351 g/mol. The lowest BCUT2D eigenvalue weighted by atomic mass is 9.98. The number of carbonyl (C=O) groups is 2. The Morgan fingerprint density at radius 1 is 1.28 bits per heavy atom. The summed E-state index contributed by atoms with van der Waals surface area (Å²) in [6.07, 6.45) is 0.821. The molecule has 0 bridgehead atoms. The second-order valence-electron chi connectivity index (χ2n) is 7.83. The lowest BCUT2D eigenvalue weighted by Crippen LogP contribution is -2.49. The minimum Gasteiger partial charge on any atom is -0.341 e. The van der Waals surface area contributed by atoms with Crippen LogP contribution in [-0.4, -0.2) is 72.7 Å². The van der Waals surface area contributed by atoms with E-state index in [4.69, 9.17) is 5.26 Å². The van der Waals surface area contributed by atoms with E-state index >= 15 is 0 Å². The van der Waals surface area contributed by atoms with Crippen molar-refractivity contribution in [3.63, 3.8) is 0 Å². The Hall–Kier alpha value is -1.88. The molecule has 0 aromatic heterocycles. The standard InChI is InChI=1S/C17H26FN5O2/c1-17(4-11-8-22(16(25)20-2)9-12(11)5-17)21-7-15(24)23-10-13(18)3-14(23)6-19/h11-14,21H,3-5,7-10H2,1-2H3,(H,20,25)/t11-,12+,13-,14?,17?/m0/s1. The summed E-state index contributed by atoms with van der Waals surface area (Å²) in [6.45, 7) is 3.75. The smallest absolute Gasteiger partial charge is 0.317 e. The van der Waals surface area contributed by atoms with Crippen molar-refractivity contribution in [3.05, 3.63) is 0 Å². The molecule has 1 aliphatic carbocycles. The highest BCUT2D eigenvalue weighted by Crippen LogP contribution is 2.43. The molecule has 3 aliphatic rings. The van der Waals surface area contributed by atoms with E-state index in [9.17, 15) is 14.0 Å². The molecule has 8 heteroatoms. The van der Waals surface area contributed by atoms with Crippen molar-refractivity contribution in [2.45, 2.75) is 43.9 Å². The van der Waals surface area contributed by atoms with E-state index in [1.807, 2.05) is 11.0 Å². The average Bonchev–Trinajstić information content (AvgIpc) is 3.22. The van der Waals surface area contributed by atoms with Crippen LogP contribution >= 0.6 is 0 Å². The average molecular weight is 351 g/mol. The van der Waals surface area contributed by atoms with E-state index in [1.165, 1.54) is 4.90 Å². The van der Waals surface area contributed by atoms with Gasteiger partial charge in [-0.2, -0.15) is 5.26 Å². The van der Waals surface area contributed by atoms with Gasteiger partial charge in [-0.25, -0.2) is 9.18 Å². The molecule has 1 saturated carbocycles. The Labute approximate surface area is 147 Å². The zero-order valence-electron chi connectivity index (χ0n) is 14.8. The molecule has 2 N–H and O–H groups in total. The van der Waals surface area contributed by atoms with Gasteiger partial charge < -0.3 is 20.4 Å². The number of rotatable bonds is 3. The fourth-order valence-electron chi connectivity index (χ4n) is 4.68. The van der Waals surface area contributed by atoms with Crippen molar-refractivity contribution in [1.82, 2.24) is 20.4 Å². The number of likely N-dealkylation sites (tertiary alicyclic amines) is 2. The predicted molar refractivity (Wildman–Crippen MR) is 89.3 cm³/mol. The first kappa shape index (κ1) is 17.9. The Kier molecular flexibility index (Phi) is 4.87. The summed E-state index contributed by atoms with van der Waals surface area (Å²) in [5, 5.41) is 15.1. The van der Waals surface area contributed by atoms with E-state index in [2.05, 4.69) is 17.6 Å². The quantitative estimate of drug-likeness (QED) is 0.774. The molecule has 0 aromatic rings. The summed E-state index contributed by atoms with van der Waals surface area (Å²) in [5.74, 6) is 0.675. The zero-order chi connectivity index (χ0) is 18.2. The molecule has 2 heterocycles. The minimum absolute atomic E-state index is 0.0157. The molecule has 5 atom stereocenters. The molecule has 25 heavy (non-hydrogen) atoms. The number of halogens is 1. The SMILES string of the molecule is CNC(=O)N1C[C@@H]2CC(C)(NCC(=O)N3C[C@@H](F)CC3C#N)C[C@@H]2C1. The van der Waals surface area contributed by atoms with E-state index in [0.717, 1.165) is 25.9 Å². The first-order valence-corrected chi connectivity index (χ1v) is 8.90. The first-order valence-electron chi connectivity index (χ1n) is 8.90. The van der Waals surface area contributed by atoms with Crippen LogP contribution in [0.5, 0.6) is 0 Å². The maximum atomic E-state index is 13.5. The third kappa shape index (κ3) is 3.56. The number of hydrogen-bond acceptors (Lipinski definition) is 4. The van der Waals surface area contributed by atoms with Crippen molar-refractivity contribution in [1.29, 1.82) is 5.26 Å². The minimum atomic E-state index is -1.11. The molecule has 138 valence electrons. The van der Waals surface area contributed by atoms with Crippen molar-refractivity contribution >= 4 is 11.9 Å². The zero-order valence-corrected chi connectivity index (χ0v) is 14.8. The summed E-state index contributed by atoms with van der Waals surface area (Å²) >= 11 is 0. The van der Waals surface area contributed by atoms with Crippen LogP contribution in [0.2, 0.25) is 0 Å². The Balaban J connectivity index is 1.51. The van der Waals surface area contributed by atoms with Gasteiger partial charge in [-0.05, 0) is 31.6 Å². The van der Waals surface area contributed by atoms with Crippen molar-refractivity contribution in [2.75, 3.05) is 33.2 Å². The van der Waals surface area contributed by atoms with Gasteiger partial charge in [0.2, 0.25) is 5.91 Å². The van der Waals surface area contributed by atoms with Gasteiger partial charge in [0, 0.05) is 32.1 Å². The van der Waals surface area contributed by atoms with Gasteiger partial charge in [0.05, 0.1) is 19.2 Å². The van der Waals surface area contributed by atoms with Gasteiger partial charge in [-0.3, -0.25) is 4.79 Å². The summed E-state index contributed by atoms with van der Waals surface area (Å²) in [4.78, 5) is 27.3. The summed E-state index contributed by atoms with van der Waals surface area (Å²) in [5.41, 5.74) is -0.156. The Morgan fingerprint density at radius 3 is 2.48 bits per heavy atom. The van der Waals surface area contributed by atoms with Crippen LogP contribution in [0, 0.1) is 23.2 Å². The second-order valence-corrected chi connectivity index (χ2v) is 7.83. The molecule has 2 unspecified atom stereocenters. The third-order valence-electron chi connectivity index (χ3n) is 5.89. The van der Waals surface area contributed by atoms with Gasteiger partial charge in [0.15, 0.2) is 0 Å². The van der Waals surface area contributed by atoms with Crippen molar-refractivity contribution in [2.24, 2.45) is 11.8 Å². The normalized spacial score (nSPS) is 37.0. The van der Waals surface area contributed by atoms with Gasteiger partial charge in [-0.1, -0.05) is 0 Å². The van der Waals surface area contributed by atoms with Gasteiger partial charge >= 0.3 is 6.03 Å². The van der Waals surface area contributed by atoms with Crippen LogP contribution < -0.4 is 10.6 Å². The first-order chi connectivity index (χ1) is 11.8. The van der Waals surface area contributed by atoms with Crippen LogP contribution in [0.15, 0.2) is 0 Å². The lowest BCUT2D eigenvalue weighted by Gasteiger charge is -2.29. The molecule has 0 spiro atoms. The Morgan fingerprint density at radius 2 is 1.92 bits per heavy atom. The maximum Gasteiger partial charge on any atom is 0.317 e. The summed E-state index contributed by atoms with van der Waals surface area (Å²) < 4.78 is 13.5. The summed E-state index contributed by atoms with van der Waals surface area (Å²) in [7, 11) is 1.64. The molecule has 0 aromatic carbocycles. The Bertz CT molecular complexity index is 578.